The number of benzene rings is 1. The second-order valence-corrected chi connectivity index (χ2v) is 4.00. The number of carbonyl (C=O) groups excluding carboxylic acids is 1. The number of aryl methyl sites for hydroxylation is 1. The van der Waals surface area contributed by atoms with Crippen LogP contribution in [0.5, 0.6) is 0 Å². The Morgan fingerprint density at radius 2 is 2.30 bits per heavy atom. The van der Waals surface area contributed by atoms with E-state index in [0.29, 0.717) is 12.2 Å². The highest BCUT2D eigenvalue weighted by atomic mass is 19.1. The fourth-order valence-corrected chi connectivity index (χ4v) is 1.67. The van der Waals surface area contributed by atoms with E-state index in [0.717, 1.165) is 17.7 Å². The van der Waals surface area contributed by atoms with Crippen molar-refractivity contribution in [3.05, 3.63) is 51.5 Å². The van der Waals surface area contributed by atoms with Crippen LogP contribution in [0.4, 0.5) is 15.9 Å². The van der Waals surface area contributed by atoms with E-state index >= 15 is 0 Å². The van der Waals surface area contributed by atoms with Crippen LogP contribution in [0.3, 0.4) is 0 Å². The topological polar surface area (TPSA) is 101 Å². The van der Waals surface area contributed by atoms with Crippen molar-refractivity contribution in [1.82, 2.24) is 10.2 Å². The summed E-state index contributed by atoms with van der Waals surface area (Å²) in [5.74, 6) is -1.20. The molecule has 0 atom stereocenters. The Balaban J connectivity index is 2.22. The van der Waals surface area contributed by atoms with Crippen LogP contribution in [0.25, 0.3) is 0 Å². The molecule has 7 nitrogen and oxygen atoms in total. The number of aromatic amines is 1. The van der Waals surface area contributed by atoms with Crippen LogP contribution in [-0.4, -0.2) is 21.0 Å². The lowest BCUT2D eigenvalue weighted by Gasteiger charge is -2.05. The van der Waals surface area contributed by atoms with Gasteiger partial charge in [0.2, 0.25) is 5.82 Å². The van der Waals surface area contributed by atoms with Crippen LogP contribution in [0.1, 0.15) is 22.8 Å². The fraction of sp³-hybridized carbons (Fsp3) is 0.167. The van der Waals surface area contributed by atoms with E-state index in [9.17, 15) is 19.3 Å². The molecule has 2 N–H and O–H groups in total. The first-order chi connectivity index (χ1) is 9.52. The van der Waals surface area contributed by atoms with Crippen molar-refractivity contribution in [3.8, 4) is 0 Å². The van der Waals surface area contributed by atoms with Gasteiger partial charge >= 0.3 is 5.69 Å². The van der Waals surface area contributed by atoms with Gasteiger partial charge in [0.25, 0.3) is 5.91 Å². The van der Waals surface area contributed by atoms with Crippen LogP contribution in [0, 0.1) is 15.9 Å². The minimum atomic E-state index is -1.05. The second kappa shape index (κ2) is 5.47. The Kier molecular flexibility index (Phi) is 3.74. The summed E-state index contributed by atoms with van der Waals surface area (Å²) in [4.78, 5) is 21.6. The Hall–Kier alpha value is -2.77. The first-order valence-corrected chi connectivity index (χ1v) is 5.80. The molecule has 2 aromatic rings. The van der Waals surface area contributed by atoms with Gasteiger partial charge in [0, 0.05) is 17.2 Å². The SMILES string of the molecule is CCc1cn[nH]c1NC(=O)c1ccc([N+](=O)[O-])c(F)c1. The average molecular weight is 278 g/mol. The maximum absolute atomic E-state index is 13.4. The van der Waals surface area contributed by atoms with E-state index in [-0.39, 0.29) is 5.56 Å². The molecule has 1 aromatic carbocycles. The van der Waals surface area contributed by atoms with E-state index < -0.39 is 22.3 Å². The average Bonchev–Trinajstić information content (AvgIpc) is 2.85. The van der Waals surface area contributed by atoms with Crippen molar-refractivity contribution in [3.63, 3.8) is 0 Å². The van der Waals surface area contributed by atoms with Crippen molar-refractivity contribution in [2.75, 3.05) is 5.32 Å². The number of hydrogen-bond donors (Lipinski definition) is 2. The zero-order valence-electron chi connectivity index (χ0n) is 10.5. The largest absolute Gasteiger partial charge is 0.307 e. The molecule has 2 rings (SSSR count). The van der Waals surface area contributed by atoms with Crippen LogP contribution < -0.4 is 5.32 Å². The number of halogens is 1. The monoisotopic (exact) mass is 278 g/mol. The molecule has 0 aliphatic carbocycles. The van der Waals surface area contributed by atoms with E-state index in [1.54, 1.807) is 6.20 Å². The summed E-state index contributed by atoms with van der Waals surface area (Å²) in [6, 6.07) is 2.98. The Morgan fingerprint density at radius 1 is 1.55 bits per heavy atom. The van der Waals surface area contributed by atoms with Gasteiger partial charge in [-0.25, -0.2) is 0 Å². The Labute approximate surface area is 113 Å². The maximum Gasteiger partial charge on any atom is 0.304 e. The molecule has 0 bridgehead atoms. The molecular formula is C12H11FN4O3. The maximum atomic E-state index is 13.4. The number of nitrogens with zero attached hydrogens (tertiary/aromatic N) is 2. The van der Waals surface area contributed by atoms with Gasteiger partial charge < -0.3 is 5.32 Å². The molecule has 0 aliphatic rings. The molecular weight excluding hydrogens is 267 g/mol. The third-order valence-corrected chi connectivity index (χ3v) is 2.74. The van der Waals surface area contributed by atoms with E-state index in [2.05, 4.69) is 15.5 Å². The highest BCUT2D eigenvalue weighted by Crippen LogP contribution is 2.19. The molecule has 0 radical (unpaired) electrons. The number of amides is 1. The van der Waals surface area contributed by atoms with Crippen LogP contribution >= 0.6 is 0 Å². The Morgan fingerprint density at radius 3 is 2.90 bits per heavy atom. The van der Waals surface area contributed by atoms with E-state index in [1.807, 2.05) is 6.92 Å². The van der Waals surface area contributed by atoms with Crippen molar-refractivity contribution in [2.45, 2.75) is 13.3 Å². The van der Waals surface area contributed by atoms with Crippen LogP contribution in [0.2, 0.25) is 0 Å². The smallest absolute Gasteiger partial charge is 0.304 e. The number of aromatic nitrogens is 2. The standard InChI is InChI=1S/C12H11FN4O3/c1-2-7-6-14-16-11(7)15-12(18)8-3-4-10(17(19)20)9(13)5-8/h3-6H,2H2,1H3,(H2,14,15,16,18). The van der Waals surface area contributed by atoms with Crippen molar-refractivity contribution < 1.29 is 14.1 Å². The van der Waals surface area contributed by atoms with Crippen molar-refractivity contribution >= 4 is 17.4 Å². The number of carbonyl (C=O) groups is 1. The van der Waals surface area contributed by atoms with E-state index in [4.69, 9.17) is 0 Å². The number of anilines is 1. The Bertz CT molecular complexity index is 668. The third kappa shape index (κ3) is 2.63. The number of nitrogens with one attached hydrogen (secondary N) is 2. The van der Waals surface area contributed by atoms with Gasteiger partial charge in [0.05, 0.1) is 11.1 Å². The lowest BCUT2D eigenvalue weighted by molar-refractivity contribution is -0.387. The van der Waals surface area contributed by atoms with Crippen molar-refractivity contribution in [2.24, 2.45) is 0 Å². The number of H-pyrrole nitrogens is 1. The molecule has 0 spiro atoms. The molecule has 8 heteroatoms. The second-order valence-electron chi connectivity index (χ2n) is 4.00. The molecule has 0 saturated carbocycles. The molecule has 104 valence electrons. The van der Waals surface area contributed by atoms with Gasteiger partial charge in [-0.1, -0.05) is 6.92 Å². The number of rotatable bonds is 4. The molecule has 0 saturated heterocycles. The fourth-order valence-electron chi connectivity index (χ4n) is 1.67. The van der Waals surface area contributed by atoms with Gasteiger partial charge in [0.1, 0.15) is 5.82 Å². The quantitative estimate of drug-likeness (QED) is 0.661. The molecule has 1 heterocycles. The highest BCUT2D eigenvalue weighted by molar-refractivity contribution is 6.04. The van der Waals surface area contributed by atoms with Gasteiger partial charge in [-0.05, 0) is 18.6 Å². The zero-order valence-corrected chi connectivity index (χ0v) is 10.5. The summed E-state index contributed by atoms with van der Waals surface area (Å²) in [6.07, 6.45) is 2.24. The molecule has 0 aliphatic heterocycles. The van der Waals surface area contributed by atoms with Gasteiger partial charge in [-0.2, -0.15) is 9.49 Å². The number of nitro groups is 1. The van der Waals surface area contributed by atoms with Gasteiger partial charge in [0.15, 0.2) is 0 Å². The van der Waals surface area contributed by atoms with Crippen LogP contribution in [-0.2, 0) is 6.42 Å². The van der Waals surface area contributed by atoms with E-state index in [1.165, 1.54) is 6.07 Å². The molecule has 1 amide bonds. The van der Waals surface area contributed by atoms with Gasteiger partial charge in [-0.3, -0.25) is 20.0 Å². The summed E-state index contributed by atoms with van der Waals surface area (Å²) in [7, 11) is 0. The summed E-state index contributed by atoms with van der Waals surface area (Å²) >= 11 is 0. The first-order valence-electron chi connectivity index (χ1n) is 5.80. The highest BCUT2D eigenvalue weighted by Gasteiger charge is 2.17. The molecule has 0 unspecified atom stereocenters. The summed E-state index contributed by atoms with van der Waals surface area (Å²) < 4.78 is 13.4. The lowest BCUT2D eigenvalue weighted by atomic mass is 10.2. The minimum Gasteiger partial charge on any atom is -0.307 e. The predicted molar refractivity (Wildman–Crippen MR) is 69.0 cm³/mol. The zero-order chi connectivity index (χ0) is 14.7. The molecule has 0 fully saturated rings. The normalized spacial score (nSPS) is 10.3. The summed E-state index contributed by atoms with van der Waals surface area (Å²) in [5, 5.41) is 19.4. The summed E-state index contributed by atoms with van der Waals surface area (Å²) in [5.41, 5.74) is 0.128. The lowest BCUT2D eigenvalue weighted by Crippen LogP contribution is -2.13. The third-order valence-electron chi connectivity index (χ3n) is 2.74. The summed E-state index contributed by atoms with van der Waals surface area (Å²) in [6.45, 7) is 1.89. The van der Waals surface area contributed by atoms with Crippen LogP contribution in [0.15, 0.2) is 24.4 Å². The minimum absolute atomic E-state index is 0.00949. The van der Waals surface area contributed by atoms with Crippen molar-refractivity contribution in [1.29, 1.82) is 0 Å². The molecule has 20 heavy (non-hydrogen) atoms. The first kappa shape index (κ1) is 13.7. The molecule has 1 aromatic heterocycles. The number of hydrogen-bond acceptors (Lipinski definition) is 4. The number of nitro benzene ring substituents is 1. The van der Waals surface area contributed by atoms with Gasteiger partial charge in [-0.15, -0.1) is 0 Å². The predicted octanol–water partition coefficient (Wildman–Crippen LogP) is 2.27.